The molecule has 2 aromatic rings. The molecule has 2 heterocycles. The summed E-state index contributed by atoms with van der Waals surface area (Å²) in [4.78, 5) is 17.6. The van der Waals surface area contributed by atoms with Gasteiger partial charge in [0.15, 0.2) is 0 Å². The highest BCUT2D eigenvalue weighted by molar-refractivity contribution is 7.12. The minimum absolute atomic E-state index is 0.126. The lowest BCUT2D eigenvalue weighted by Crippen LogP contribution is -2.22. The Morgan fingerprint density at radius 3 is 2.84 bits per heavy atom. The molecule has 0 unspecified atom stereocenters. The van der Waals surface area contributed by atoms with Crippen molar-refractivity contribution >= 4 is 17.2 Å². The third-order valence-electron chi connectivity index (χ3n) is 2.32. The van der Waals surface area contributed by atoms with Crippen molar-refractivity contribution in [2.45, 2.75) is 6.54 Å². The Morgan fingerprint density at radius 1 is 1.32 bits per heavy atom. The third kappa shape index (κ3) is 3.91. The van der Waals surface area contributed by atoms with E-state index in [0.717, 1.165) is 9.75 Å². The number of amides is 1. The molecule has 0 aliphatic rings. The number of hydrogen-bond acceptors (Lipinski definition) is 4. The van der Waals surface area contributed by atoms with Gasteiger partial charge >= 0.3 is 0 Å². The molecular formula is C14H12N2O2S. The Morgan fingerprint density at radius 2 is 2.11 bits per heavy atom. The number of pyridine rings is 1. The van der Waals surface area contributed by atoms with E-state index in [1.54, 1.807) is 24.5 Å². The zero-order chi connectivity index (χ0) is 13.5. The van der Waals surface area contributed by atoms with Crippen molar-refractivity contribution in [2.24, 2.45) is 0 Å². The van der Waals surface area contributed by atoms with Gasteiger partial charge in [-0.15, -0.1) is 11.3 Å². The molecule has 4 nitrogen and oxygen atoms in total. The molecule has 0 saturated carbocycles. The van der Waals surface area contributed by atoms with Gasteiger partial charge in [0, 0.05) is 22.8 Å². The van der Waals surface area contributed by atoms with E-state index in [-0.39, 0.29) is 12.5 Å². The number of thiophene rings is 1. The summed E-state index contributed by atoms with van der Waals surface area (Å²) < 4.78 is 0. The number of nitrogens with zero attached hydrogens (tertiary/aromatic N) is 1. The molecule has 0 saturated heterocycles. The Kier molecular flexibility index (Phi) is 4.67. The first-order valence-electron chi connectivity index (χ1n) is 5.66. The van der Waals surface area contributed by atoms with Gasteiger partial charge in [0.1, 0.15) is 6.61 Å². The van der Waals surface area contributed by atoms with Crippen molar-refractivity contribution in [2.75, 3.05) is 6.61 Å². The lowest BCUT2D eigenvalue weighted by molar-refractivity contribution is 0.0951. The molecule has 2 rings (SSSR count). The molecule has 0 atom stereocenters. The summed E-state index contributed by atoms with van der Waals surface area (Å²) in [6, 6.07) is 7.13. The Bertz CT molecular complexity index is 611. The lowest BCUT2D eigenvalue weighted by Gasteiger charge is -2.02. The molecular weight excluding hydrogens is 260 g/mol. The van der Waals surface area contributed by atoms with Gasteiger partial charge in [0.2, 0.25) is 0 Å². The molecule has 0 radical (unpaired) electrons. The average molecular weight is 272 g/mol. The van der Waals surface area contributed by atoms with Gasteiger partial charge in [0.25, 0.3) is 5.91 Å². The first-order chi connectivity index (χ1) is 9.29. The number of aromatic nitrogens is 1. The summed E-state index contributed by atoms with van der Waals surface area (Å²) in [6.45, 7) is 0.318. The van der Waals surface area contributed by atoms with Crippen LogP contribution in [-0.4, -0.2) is 22.6 Å². The molecule has 96 valence electrons. The standard InChI is InChI=1S/C14H12N2O2S/c17-9-1-2-12-3-4-13(19-12)10-16-14(18)11-5-7-15-8-6-11/h3-8,17H,9-10H2,(H,16,18). The van der Waals surface area contributed by atoms with E-state index in [1.165, 1.54) is 11.3 Å². The smallest absolute Gasteiger partial charge is 0.251 e. The van der Waals surface area contributed by atoms with Crippen LogP contribution in [0.15, 0.2) is 36.7 Å². The van der Waals surface area contributed by atoms with E-state index < -0.39 is 0 Å². The van der Waals surface area contributed by atoms with Crippen LogP contribution in [0.1, 0.15) is 20.1 Å². The second-order valence-electron chi connectivity index (χ2n) is 3.64. The van der Waals surface area contributed by atoms with E-state index in [4.69, 9.17) is 5.11 Å². The highest BCUT2D eigenvalue weighted by Gasteiger charge is 2.05. The lowest BCUT2D eigenvalue weighted by atomic mass is 10.2. The van der Waals surface area contributed by atoms with Crippen molar-refractivity contribution in [1.29, 1.82) is 0 Å². The van der Waals surface area contributed by atoms with Crippen molar-refractivity contribution in [3.8, 4) is 11.8 Å². The summed E-state index contributed by atoms with van der Waals surface area (Å²) in [6.07, 6.45) is 3.17. The molecule has 1 amide bonds. The average Bonchev–Trinajstić information content (AvgIpc) is 2.91. The zero-order valence-electron chi connectivity index (χ0n) is 10.1. The summed E-state index contributed by atoms with van der Waals surface area (Å²) >= 11 is 1.50. The summed E-state index contributed by atoms with van der Waals surface area (Å²) in [7, 11) is 0. The van der Waals surface area contributed by atoms with E-state index in [0.29, 0.717) is 12.1 Å². The topological polar surface area (TPSA) is 62.2 Å². The molecule has 0 aromatic carbocycles. The minimum Gasteiger partial charge on any atom is -0.384 e. The van der Waals surface area contributed by atoms with E-state index in [1.807, 2.05) is 12.1 Å². The molecule has 2 aromatic heterocycles. The highest BCUT2D eigenvalue weighted by Crippen LogP contribution is 2.15. The number of aliphatic hydroxyl groups excluding tert-OH is 1. The number of hydrogen-bond donors (Lipinski definition) is 2. The maximum absolute atomic E-state index is 11.8. The van der Waals surface area contributed by atoms with E-state index in [2.05, 4.69) is 22.1 Å². The maximum Gasteiger partial charge on any atom is 0.251 e. The second kappa shape index (κ2) is 6.69. The monoisotopic (exact) mass is 272 g/mol. The van der Waals surface area contributed by atoms with Crippen molar-refractivity contribution in [3.63, 3.8) is 0 Å². The van der Waals surface area contributed by atoms with E-state index in [9.17, 15) is 4.79 Å². The Balaban J connectivity index is 1.92. The van der Waals surface area contributed by atoms with Crippen LogP contribution in [0.2, 0.25) is 0 Å². The second-order valence-corrected chi connectivity index (χ2v) is 4.81. The largest absolute Gasteiger partial charge is 0.384 e. The van der Waals surface area contributed by atoms with Gasteiger partial charge in [-0.1, -0.05) is 11.8 Å². The van der Waals surface area contributed by atoms with E-state index >= 15 is 0 Å². The molecule has 0 aliphatic heterocycles. The SMILES string of the molecule is O=C(NCc1ccc(C#CCO)s1)c1ccncc1. The number of rotatable bonds is 3. The predicted octanol–water partition coefficient (Wildman–Crippen LogP) is 1.42. The fourth-order valence-electron chi connectivity index (χ4n) is 1.44. The fourth-order valence-corrected chi connectivity index (χ4v) is 2.26. The normalized spacial score (nSPS) is 9.53. The Labute approximate surface area is 115 Å². The van der Waals surface area contributed by atoms with Crippen LogP contribution in [0, 0.1) is 11.8 Å². The minimum atomic E-state index is -0.147. The van der Waals surface area contributed by atoms with Gasteiger partial charge in [-0.25, -0.2) is 0 Å². The molecule has 5 heteroatoms. The quantitative estimate of drug-likeness (QED) is 0.831. The number of carbonyl (C=O) groups excluding carboxylic acids is 1. The van der Waals surface area contributed by atoms with Crippen LogP contribution < -0.4 is 5.32 Å². The van der Waals surface area contributed by atoms with Crippen LogP contribution in [0.25, 0.3) is 0 Å². The van der Waals surface area contributed by atoms with Gasteiger partial charge in [-0.2, -0.15) is 0 Å². The fraction of sp³-hybridized carbons (Fsp3) is 0.143. The highest BCUT2D eigenvalue weighted by atomic mass is 32.1. The molecule has 0 aliphatic carbocycles. The molecule has 19 heavy (non-hydrogen) atoms. The maximum atomic E-state index is 11.8. The van der Waals surface area contributed by atoms with Crippen molar-refractivity contribution in [3.05, 3.63) is 52.0 Å². The van der Waals surface area contributed by atoms with Gasteiger partial charge in [-0.05, 0) is 24.3 Å². The molecule has 2 N–H and O–H groups in total. The van der Waals surface area contributed by atoms with Gasteiger partial charge in [-0.3, -0.25) is 9.78 Å². The van der Waals surface area contributed by atoms with Crippen LogP contribution in [-0.2, 0) is 6.54 Å². The summed E-state index contributed by atoms with van der Waals surface area (Å²) in [5.74, 6) is 5.30. The van der Waals surface area contributed by atoms with Gasteiger partial charge < -0.3 is 10.4 Å². The van der Waals surface area contributed by atoms with Crippen molar-refractivity contribution in [1.82, 2.24) is 10.3 Å². The number of nitrogens with one attached hydrogen (secondary N) is 1. The first kappa shape index (κ1) is 13.3. The molecule has 0 spiro atoms. The number of aliphatic hydroxyl groups is 1. The third-order valence-corrected chi connectivity index (χ3v) is 3.32. The summed E-state index contributed by atoms with van der Waals surface area (Å²) in [5.41, 5.74) is 0.590. The summed E-state index contributed by atoms with van der Waals surface area (Å²) in [5, 5.41) is 11.4. The van der Waals surface area contributed by atoms with Crippen LogP contribution >= 0.6 is 11.3 Å². The van der Waals surface area contributed by atoms with Crippen LogP contribution in [0.3, 0.4) is 0 Å². The van der Waals surface area contributed by atoms with Crippen LogP contribution in [0.4, 0.5) is 0 Å². The van der Waals surface area contributed by atoms with Crippen LogP contribution in [0.5, 0.6) is 0 Å². The predicted molar refractivity (Wildman–Crippen MR) is 73.7 cm³/mol. The first-order valence-corrected chi connectivity index (χ1v) is 6.48. The Hall–Kier alpha value is -2.16. The molecule has 0 fully saturated rings. The molecule has 0 bridgehead atoms. The number of carbonyl (C=O) groups is 1. The van der Waals surface area contributed by atoms with Gasteiger partial charge in [0.05, 0.1) is 11.4 Å². The zero-order valence-corrected chi connectivity index (χ0v) is 10.9. The van der Waals surface area contributed by atoms with Crippen molar-refractivity contribution < 1.29 is 9.90 Å².